The van der Waals surface area contributed by atoms with E-state index in [2.05, 4.69) is 60.8 Å². The Kier molecular flexibility index (Phi) is 3.60. The molecule has 1 heterocycles. The topological polar surface area (TPSA) is 32.3 Å². The van der Waals surface area contributed by atoms with Gasteiger partial charge in [0, 0.05) is 11.6 Å². The van der Waals surface area contributed by atoms with Crippen LogP contribution in [0, 0.1) is 0 Å². The van der Waals surface area contributed by atoms with Crippen molar-refractivity contribution in [3.8, 4) is 0 Å². The standard InChI is InChI=1S/C18H21NO/c1-18(15-10-6-3-7-11-15)13-16(20)12-17(19-18)14-8-4-2-5-9-14/h2-11,16-17,19-20H,12-13H2,1H3/t16-,17+,18-/m0/s1. The molecule has 2 heteroatoms. The molecule has 20 heavy (non-hydrogen) atoms. The third kappa shape index (κ3) is 2.62. The van der Waals surface area contributed by atoms with Crippen LogP contribution in [0.25, 0.3) is 0 Å². The fourth-order valence-electron chi connectivity index (χ4n) is 3.24. The maximum atomic E-state index is 10.3. The Bertz CT molecular complexity index is 554. The number of nitrogens with one attached hydrogen (secondary N) is 1. The van der Waals surface area contributed by atoms with Crippen molar-refractivity contribution in [2.24, 2.45) is 0 Å². The molecule has 1 saturated heterocycles. The van der Waals surface area contributed by atoms with Crippen LogP contribution in [0.3, 0.4) is 0 Å². The predicted octanol–water partition coefficient (Wildman–Crippen LogP) is 3.39. The van der Waals surface area contributed by atoms with Crippen LogP contribution in [0.2, 0.25) is 0 Å². The van der Waals surface area contributed by atoms with E-state index in [0.29, 0.717) is 0 Å². The SMILES string of the molecule is C[C@@]1(c2ccccc2)C[C@@H](O)C[C@H](c2ccccc2)N1. The second kappa shape index (κ2) is 5.39. The minimum absolute atomic E-state index is 0.181. The number of piperidine rings is 1. The van der Waals surface area contributed by atoms with E-state index in [4.69, 9.17) is 0 Å². The zero-order valence-electron chi connectivity index (χ0n) is 11.8. The van der Waals surface area contributed by atoms with Crippen LogP contribution in [-0.4, -0.2) is 11.2 Å². The molecular formula is C18H21NO. The summed E-state index contributed by atoms with van der Waals surface area (Å²) in [6.07, 6.45) is 1.25. The minimum atomic E-state index is -0.272. The molecule has 3 rings (SSSR count). The summed E-state index contributed by atoms with van der Waals surface area (Å²) in [4.78, 5) is 0. The largest absolute Gasteiger partial charge is 0.393 e. The maximum absolute atomic E-state index is 10.3. The quantitative estimate of drug-likeness (QED) is 0.874. The van der Waals surface area contributed by atoms with E-state index in [1.165, 1.54) is 11.1 Å². The van der Waals surface area contributed by atoms with Crippen molar-refractivity contribution in [2.75, 3.05) is 0 Å². The molecule has 0 aromatic heterocycles. The van der Waals surface area contributed by atoms with Gasteiger partial charge in [0.15, 0.2) is 0 Å². The summed E-state index contributed by atoms with van der Waals surface area (Å²) in [5.41, 5.74) is 2.30. The molecule has 0 amide bonds. The Morgan fingerprint density at radius 2 is 1.60 bits per heavy atom. The minimum Gasteiger partial charge on any atom is -0.393 e. The van der Waals surface area contributed by atoms with E-state index < -0.39 is 0 Å². The zero-order valence-corrected chi connectivity index (χ0v) is 11.8. The van der Waals surface area contributed by atoms with E-state index in [1.807, 2.05) is 12.1 Å². The van der Waals surface area contributed by atoms with E-state index in [1.54, 1.807) is 0 Å². The molecular weight excluding hydrogens is 246 g/mol. The molecule has 1 aliphatic heterocycles. The Morgan fingerprint density at radius 1 is 1.00 bits per heavy atom. The fraction of sp³-hybridized carbons (Fsp3) is 0.333. The van der Waals surface area contributed by atoms with Gasteiger partial charge in [-0.2, -0.15) is 0 Å². The van der Waals surface area contributed by atoms with E-state index in [9.17, 15) is 5.11 Å². The third-order valence-electron chi connectivity index (χ3n) is 4.26. The van der Waals surface area contributed by atoms with Gasteiger partial charge in [-0.25, -0.2) is 0 Å². The summed E-state index contributed by atoms with van der Waals surface area (Å²) in [6, 6.07) is 21.0. The first-order chi connectivity index (χ1) is 9.67. The number of aliphatic hydroxyl groups excluding tert-OH is 1. The summed E-state index contributed by atoms with van der Waals surface area (Å²) in [6.45, 7) is 2.18. The van der Waals surface area contributed by atoms with Crippen molar-refractivity contribution >= 4 is 0 Å². The van der Waals surface area contributed by atoms with Crippen LogP contribution >= 0.6 is 0 Å². The highest BCUT2D eigenvalue weighted by molar-refractivity contribution is 5.28. The number of hydrogen-bond donors (Lipinski definition) is 2. The van der Waals surface area contributed by atoms with Crippen molar-refractivity contribution in [3.63, 3.8) is 0 Å². The number of hydrogen-bond acceptors (Lipinski definition) is 2. The van der Waals surface area contributed by atoms with Crippen LogP contribution in [-0.2, 0) is 5.54 Å². The van der Waals surface area contributed by atoms with E-state index in [0.717, 1.165) is 12.8 Å². The first kappa shape index (κ1) is 13.3. The number of rotatable bonds is 2. The maximum Gasteiger partial charge on any atom is 0.0579 e. The second-order valence-electron chi connectivity index (χ2n) is 5.90. The average molecular weight is 267 g/mol. The molecule has 2 N–H and O–H groups in total. The fourth-order valence-corrected chi connectivity index (χ4v) is 3.24. The molecule has 2 aromatic carbocycles. The van der Waals surface area contributed by atoms with Crippen LogP contribution in [0.4, 0.5) is 0 Å². The van der Waals surface area contributed by atoms with Crippen LogP contribution in [0.5, 0.6) is 0 Å². The highest BCUT2D eigenvalue weighted by Crippen LogP contribution is 2.37. The van der Waals surface area contributed by atoms with Crippen molar-refractivity contribution < 1.29 is 5.11 Å². The first-order valence-corrected chi connectivity index (χ1v) is 7.24. The molecule has 0 saturated carbocycles. The van der Waals surface area contributed by atoms with E-state index >= 15 is 0 Å². The Labute approximate surface area is 120 Å². The van der Waals surface area contributed by atoms with Crippen LogP contribution < -0.4 is 5.32 Å². The highest BCUT2D eigenvalue weighted by atomic mass is 16.3. The van der Waals surface area contributed by atoms with Gasteiger partial charge in [0.1, 0.15) is 0 Å². The van der Waals surface area contributed by atoms with Crippen LogP contribution in [0.1, 0.15) is 36.9 Å². The van der Waals surface area contributed by atoms with Gasteiger partial charge in [0.05, 0.1) is 6.10 Å². The smallest absolute Gasteiger partial charge is 0.0579 e. The molecule has 0 aliphatic carbocycles. The summed E-state index contributed by atoms with van der Waals surface area (Å²) in [7, 11) is 0. The zero-order chi connectivity index (χ0) is 14.0. The van der Waals surface area contributed by atoms with Crippen LogP contribution in [0.15, 0.2) is 60.7 Å². The molecule has 1 fully saturated rings. The molecule has 0 unspecified atom stereocenters. The summed E-state index contributed by atoms with van der Waals surface area (Å²) >= 11 is 0. The first-order valence-electron chi connectivity index (χ1n) is 7.24. The summed E-state index contributed by atoms with van der Waals surface area (Å²) < 4.78 is 0. The molecule has 1 aliphatic rings. The molecule has 2 aromatic rings. The molecule has 2 nitrogen and oxygen atoms in total. The van der Waals surface area contributed by atoms with Crippen molar-refractivity contribution in [3.05, 3.63) is 71.8 Å². The highest BCUT2D eigenvalue weighted by Gasteiger charge is 2.37. The molecule has 0 bridgehead atoms. The normalized spacial score (nSPS) is 30.1. The Balaban J connectivity index is 1.90. The Morgan fingerprint density at radius 3 is 2.25 bits per heavy atom. The van der Waals surface area contributed by atoms with Gasteiger partial charge in [0.2, 0.25) is 0 Å². The van der Waals surface area contributed by atoms with Crippen molar-refractivity contribution in [2.45, 2.75) is 37.5 Å². The second-order valence-corrected chi connectivity index (χ2v) is 5.90. The predicted molar refractivity (Wildman–Crippen MR) is 81.4 cm³/mol. The molecule has 0 spiro atoms. The monoisotopic (exact) mass is 267 g/mol. The van der Waals surface area contributed by atoms with Gasteiger partial charge in [-0.1, -0.05) is 60.7 Å². The lowest BCUT2D eigenvalue weighted by atomic mass is 9.79. The lowest BCUT2D eigenvalue weighted by molar-refractivity contribution is 0.0583. The number of benzene rings is 2. The van der Waals surface area contributed by atoms with Gasteiger partial charge in [-0.3, -0.25) is 0 Å². The Hall–Kier alpha value is -1.64. The summed E-state index contributed by atoms with van der Waals surface area (Å²) in [5.74, 6) is 0. The van der Waals surface area contributed by atoms with Gasteiger partial charge in [-0.15, -0.1) is 0 Å². The third-order valence-corrected chi connectivity index (χ3v) is 4.26. The lowest BCUT2D eigenvalue weighted by Crippen LogP contribution is -2.49. The lowest BCUT2D eigenvalue weighted by Gasteiger charge is -2.43. The van der Waals surface area contributed by atoms with Gasteiger partial charge in [-0.05, 0) is 30.9 Å². The van der Waals surface area contributed by atoms with Gasteiger partial charge >= 0.3 is 0 Å². The molecule has 3 atom stereocenters. The van der Waals surface area contributed by atoms with E-state index in [-0.39, 0.29) is 17.7 Å². The van der Waals surface area contributed by atoms with Crippen molar-refractivity contribution in [1.82, 2.24) is 5.32 Å². The average Bonchev–Trinajstić information content (AvgIpc) is 2.48. The molecule has 104 valence electrons. The van der Waals surface area contributed by atoms with Crippen molar-refractivity contribution in [1.29, 1.82) is 0 Å². The van der Waals surface area contributed by atoms with Gasteiger partial charge in [0.25, 0.3) is 0 Å². The summed E-state index contributed by atoms with van der Waals surface area (Å²) in [5, 5.41) is 14.0. The van der Waals surface area contributed by atoms with Gasteiger partial charge < -0.3 is 10.4 Å². The number of aliphatic hydroxyl groups is 1. The molecule has 0 radical (unpaired) electrons.